The second kappa shape index (κ2) is 11.2. The Labute approximate surface area is 303 Å². The Bertz CT molecular complexity index is 2830. The van der Waals surface area contributed by atoms with Gasteiger partial charge in [0.05, 0.1) is 5.41 Å². The van der Waals surface area contributed by atoms with E-state index in [0.29, 0.717) is 0 Å². The molecule has 242 valence electrons. The van der Waals surface area contributed by atoms with Gasteiger partial charge in [0.1, 0.15) is 11.5 Å². The summed E-state index contributed by atoms with van der Waals surface area (Å²) in [5.41, 5.74) is 14.6. The van der Waals surface area contributed by atoms with Crippen LogP contribution in [0, 0.1) is 0 Å². The van der Waals surface area contributed by atoms with Crippen molar-refractivity contribution in [1.82, 2.24) is 0 Å². The molecule has 0 saturated carbocycles. The molecular weight excluding hydrogens is 629 g/mol. The zero-order chi connectivity index (χ0) is 34.2. The highest BCUT2D eigenvalue weighted by Crippen LogP contribution is 2.57. The Morgan fingerprint density at radius 1 is 0.308 bits per heavy atom. The van der Waals surface area contributed by atoms with E-state index in [9.17, 15) is 0 Å². The monoisotopic (exact) mass is 660 g/mol. The molecule has 0 saturated heterocycles. The van der Waals surface area contributed by atoms with E-state index in [0.717, 1.165) is 17.1 Å². The molecule has 0 atom stereocenters. The van der Waals surface area contributed by atoms with Gasteiger partial charge in [-0.25, -0.2) is 0 Å². The van der Waals surface area contributed by atoms with Crippen molar-refractivity contribution in [3.05, 3.63) is 216 Å². The highest BCUT2D eigenvalue weighted by Gasteiger charge is 2.46. The van der Waals surface area contributed by atoms with Crippen LogP contribution in [0.2, 0.25) is 0 Å². The van der Waals surface area contributed by atoms with Gasteiger partial charge in [-0.15, -0.1) is 0 Å². The molecule has 2 aliphatic rings. The highest BCUT2D eigenvalue weighted by molar-refractivity contribution is 6.14. The summed E-state index contributed by atoms with van der Waals surface area (Å²) in [5, 5.41) is 4.85. The van der Waals surface area contributed by atoms with Crippen molar-refractivity contribution < 1.29 is 4.74 Å². The average Bonchev–Trinajstić information content (AvgIpc) is 3.52. The SMILES string of the molecule is c1ccc(C2(c3ccccc3)c3ccccc3-c3ccc(-c4ccc(-c5ccc6c7c(cccc57)-c5ccccc5O6)c5ccccc45)cc32)cc1. The first kappa shape index (κ1) is 29.1. The fourth-order valence-electron chi connectivity index (χ4n) is 9.21. The van der Waals surface area contributed by atoms with Crippen molar-refractivity contribution in [3.8, 4) is 56.0 Å². The molecule has 1 aliphatic heterocycles. The van der Waals surface area contributed by atoms with Gasteiger partial charge in [-0.1, -0.05) is 176 Å². The van der Waals surface area contributed by atoms with E-state index in [4.69, 9.17) is 4.74 Å². The van der Waals surface area contributed by atoms with E-state index in [1.807, 2.05) is 6.07 Å². The Hall–Kier alpha value is -6.70. The van der Waals surface area contributed by atoms with Crippen LogP contribution in [0.5, 0.6) is 11.5 Å². The van der Waals surface area contributed by atoms with Gasteiger partial charge in [-0.05, 0) is 95.6 Å². The largest absolute Gasteiger partial charge is 0.456 e. The fourth-order valence-corrected chi connectivity index (χ4v) is 9.21. The molecule has 0 N–H and O–H groups in total. The average molecular weight is 661 g/mol. The Kier molecular flexibility index (Phi) is 6.23. The third kappa shape index (κ3) is 3.99. The molecule has 1 aliphatic carbocycles. The second-order valence-electron chi connectivity index (χ2n) is 13.9. The van der Waals surface area contributed by atoms with Crippen molar-refractivity contribution in [1.29, 1.82) is 0 Å². The maximum atomic E-state index is 6.45. The van der Waals surface area contributed by atoms with Crippen LogP contribution < -0.4 is 4.74 Å². The molecule has 0 radical (unpaired) electrons. The van der Waals surface area contributed by atoms with Crippen LogP contribution in [0.4, 0.5) is 0 Å². The first-order chi connectivity index (χ1) is 25.8. The summed E-state index contributed by atoms with van der Waals surface area (Å²) in [4.78, 5) is 0. The van der Waals surface area contributed by atoms with Gasteiger partial charge >= 0.3 is 0 Å². The first-order valence-electron chi connectivity index (χ1n) is 18.0. The van der Waals surface area contributed by atoms with Crippen LogP contribution in [0.25, 0.3) is 66.1 Å². The summed E-state index contributed by atoms with van der Waals surface area (Å²) in [7, 11) is 0. The van der Waals surface area contributed by atoms with Gasteiger partial charge in [0.2, 0.25) is 0 Å². The summed E-state index contributed by atoms with van der Waals surface area (Å²) in [6, 6.07) is 71.1. The Morgan fingerprint density at radius 2 is 0.846 bits per heavy atom. The van der Waals surface area contributed by atoms with Gasteiger partial charge in [0.25, 0.3) is 0 Å². The van der Waals surface area contributed by atoms with Gasteiger partial charge in [-0.3, -0.25) is 0 Å². The number of ether oxygens (including phenoxy) is 1. The number of fused-ring (bicyclic) bond motifs is 6. The maximum Gasteiger partial charge on any atom is 0.135 e. The summed E-state index contributed by atoms with van der Waals surface area (Å²) in [5.74, 6) is 1.82. The van der Waals surface area contributed by atoms with Gasteiger partial charge in [-0.2, -0.15) is 0 Å². The molecule has 1 heteroatoms. The smallest absolute Gasteiger partial charge is 0.135 e. The van der Waals surface area contributed by atoms with E-state index >= 15 is 0 Å². The minimum atomic E-state index is -0.440. The predicted molar refractivity (Wildman–Crippen MR) is 215 cm³/mol. The Morgan fingerprint density at radius 3 is 1.63 bits per heavy atom. The quantitative estimate of drug-likeness (QED) is 0.183. The predicted octanol–water partition coefficient (Wildman–Crippen LogP) is 13.5. The minimum Gasteiger partial charge on any atom is -0.456 e. The summed E-state index contributed by atoms with van der Waals surface area (Å²) < 4.78 is 6.45. The van der Waals surface area contributed by atoms with Crippen molar-refractivity contribution in [2.45, 2.75) is 5.41 Å². The molecule has 0 spiro atoms. The topological polar surface area (TPSA) is 9.23 Å². The fraction of sp³-hybridized carbons (Fsp3) is 0.0196. The molecule has 9 aromatic rings. The zero-order valence-corrected chi connectivity index (χ0v) is 28.4. The van der Waals surface area contributed by atoms with Crippen molar-refractivity contribution in [2.24, 2.45) is 0 Å². The van der Waals surface area contributed by atoms with Crippen LogP contribution in [0.3, 0.4) is 0 Å². The van der Waals surface area contributed by atoms with Crippen molar-refractivity contribution in [3.63, 3.8) is 0 Å². The van der Waals surface area contributed by atoms with Crippen molar-refractivity contribution >= 4 is 21.5 Å². The molecule has 0 amide bonds. The third-order valence-electron chi connectivity index (χ3n) is 11.4. The summed E-state index contributed by atoms with van der Waals surface area (Å²) in [6.07, 6.45) is 0. The van der Waals surface area contributed by atoms with Gasteiger partial charge in [0.15, 0.2) is 0 Å². The standard InChI is InChI=1S/C51H32O/c1-3-14-34(15-4-1)51(35-16-5-2-6-17-35)46-24-11-9-20-41(46)42-27-26-33(32-47(42)51)36-28-29-39(38-19-8-7-18-37(36)38)40-30-31-49-50-44(40)22-13-23-45(50)43-21-10-12-25-48(43)52-49/h1-32H. The van der Waals surface area contributed by atoms with Gasteiger partial charge in [0, 0.05) is 10.9 Å². The second-order valence-corrected chi connectivity index (χ2v) is 13.9. The molecule has 52 heavy (non-hydrogen) atoms. The third-order valence-corrected chi connectivity index (χ3v) is 11.4. The number of para-hydroxylation sites is 1. The van der Waals surface area contributed by atoms with E-state index in [-0.39, 0.29) is 0 Å². The zero-order valence-electron chi connectivity index (χ0n) is 28.4. The molecule has 0 bridgehead atoms. The Balaban J connectivity index is 1.13. The van der Waals surface area contributed by atoms with Gasteiger partial charge < -0.3 is 4.74 Å². The number of hydrogen-bond acceptors (Lipinski definition) is 1. The maximum absolute atomic E-state index is 6.45. The summed E-state index contributed by atoms with van der Waals surface area (Å²) in [6.45, 7) is 0. The van der Waals surface area contributed by atoms with E-state index in [1.54, 1.807) is 0 Å². The number of rotatable bonds is 4. The minimum absolute atomic E-state index is 0.440. The lowest BCUT2D eigenvalue weighted by Crippen LogP contribution is -2.28. The molecule has 0 fully saturated rings. The first-order valence-corrected chi connectivity index (χ1v) is 18.0. The van der Waals surface area contributed by atoms with Crippen LogP contribution in [0.1, 0.15) is 22.3 Å². The van der Waals surface area contributed by atoms with Crippen LogP contribution >= 0.6 is 0 Å². The molecule has 0 unspecified atom stereocenters. The number of benzene rings is 9. The molecule has 1 heterocycles. The number of hydrogen-bond donors (Lipinski definition) is 0. The summed E-state index contributed by atoms with van der Waals surface area (Å²) >= 11 is 0. The van der Waals surface area contributed by atoms with Crippen LogP contribution in [-0.2, 0) is 5.41 Å². The lowest BCUT2D eigenvalue weighted by molar-refractivity contribution is 0.487. The van der Waals surface area contributed by atoms with Crippen LogP contribution in [-0.4, -0.2) is 0 Å². The molecular formula is C51H32O. The molecule has 9 aromatic carbocycles. The molecule has 11 rings (SSSR count). The van der Waals surface area contributed by atoms with E-state index in [1.165, 1.54) is 82.7 Å². The molecule has 0 aromatic heterocycles. The van der Waals surface area contributed by atoms with E-state index in [2.05, 4.69) is 188 Å². The van der Waals surface area contributed by atoms with Crippen LogP contribution in [0.15, 0.2) is 194 Å². The normalized spacial score (nSPS) is 13.3. The van der Waals surface area contributed by atoms with E-state index < -0.39 is 5.41 Å². The molecule has 1 nitrogen and oxygen atoms in total. The highest BCUT2D eigenvalue weighted by atomic mass is 16.5. The van der Waals surface area contributed by atoms with Crippen molar-refractivity contribution in [2.75, 3.05) is 0 Å². The lowest BCUT2D eigenvalue weighted by atomic mass is 9.67. The lowest BCUT2D eigenvalue weighted by Gasteiger charge is -2.34.